The molecule has 0 amide bonds. The first-order valence-electron chi connectivity index (χ1n) is 12.7. The molecule has 6 heteroatoms. The maximum absolute atomic E-state index is 14.8. The quantitative estimate of drug-likeness (QED) is 0.125. The number of aryl methyl sites for hydroxylation is 2. The van der Waals surface area contributed by atoms with E-state index < -0.39 is 35.0 Å². The van der Waals surface area contributed by atoms with Crippen LogP contribution in [0.25, 0.3) is 22.3 Å². The van der Waals surface area contributed by atoms with Crippen LogP contribution >= 0.6 is 0 Å². The van der Waals surface area contributed by atoms with Gasteiger partial charge in [-0.1, -0.05) is 75.2 Å². The van der Waals surface area contributed by atoms with Crippen molar-refractivity contribution < 1.29 is 27.1 Å². The molecule has 4 rings (SSSR count). The van der Waals surface area contributed by atoms with Crippen molar-refractivity contribution in [3.05, 3.63) is 113 Å². The number of benzene rings is 4. The zero-order valence-corrected chi connectivity index (χ0v) is 21.3. The first-order chi connectivity index (χ1) is 18.3. The van der Waals surface area contributed by atoms with Gasteiger partial charge in [0, 0.05) is 11.1 Å². The van der Waals surface area contributed by atoms with Crippen LogP contribution in [0, 0.1) is 23.3 Å². The summed E-state index contributed by atoms with van der Waals surface area (Å²) in [5.74, 6) is -5.67. The van der Waals surface area contributed by atoms with Gasteiger partial charge in [-0.3, -0.25) is 0 Å². The van der Waals surface area contributed by atoms with Gasteiger partial charge in [0.1, 0.15) is 0 Å². The molecular weight excluding hydrogens is 492 g/mol. The lowest BCUT2D eigenvalue weighted by atomic mass is 9.99. The Morgan fingerprint density at radius 2 is 1.21 bits per heavy atom. The summed E-state index contributed by atoms with van der Waals surface area (Å²) in [5.41, 5.74) is 2.47. The van der Waals surface area contributed by atoms with Crippen LogP contribution in [0.1, 0.15) is 54.6 Å². The summed E-state index contributed by atoms with van der Waals surface area (Å²) in [6.07, 6.45) is 3.95. The molecule has 4 aromatic rings. The van der Waals surface area contributed by atoms with Gasteiger partial charge >= 0.3 is 5.97 Å². The number of carbonyl (C=O) groups excluding carboxylic acids is 1. The Labute approximate surface area is 219 Å². The molecule has 0 fully saturated rings. The fourth-order valence-electron chi connectivity index (χ4n) is 4.29. The zero-order chi connectivity index (χ0) is 27.2. The maximum Gasteiger partial charge on any atom is 0.343 e. The number of hydrogen-bond donors (Lipinski definition) is 0. The molecule has 0 radical (unpaired) electrons. The number of hydrogen-bond acceptors (Lipinski definition) is 2. The Bertz CT molecular complexity index is 1430. The number of halogens is 4. The molecule has 0 spiro atoms. The Balaban J connectivity index is 1.50. The highest BCUT2D eigenvalue weighted by Gasteiger charge is 2.20. The lowest BCUT2D eigenvalue weighted by Crippen LogP contribution is -2.10. The van der Waals surface area contributed by atoms with Gasteiger partial charge in [-0.15, -0.1) is 0 Å². The number of ether oxygens (including phenoxy) is 1. The van der Waals surface area contributed by atoms with Crippen molar-refractivity contribution in [3.8, 4) is 28.0 Å². The van der Waals surface area contributed by atoms with Crippen molar-refractivity contribution in [2.24, 2.45) is 0 Å². The van der Waals surface area contributed by atoms with Crippen molar-refractivity contribution in [1.82, 2.24) is 0 Å². The molecule has 2 nitrogen and oxygen atoms in total. The van der Waals surface area contributed by atoms with Crippen LogP contribution in [0.15, 0.2) is 72.8 Å². The molecule has 196 valence electrons. The Morgan fingerprint density at radius 1 is 0.632 bits per heavy atom. The SMILES string of the molecule is CCCCc1ccc(-c2ccc(C(=O)Oc3ccc(-c4ccc(CCC)cc4)c(F)c3F)cc2)c(F)c1F. The first-order valence-corrected chi connectivity index (χ1v) is 12.7. The third-order valence-corrected chi connectivity index (χ3v) is 6.45. The summed E-state index contributed by atoms with van der Waals surface area (Å²) < 4.78 is 63.8. The number of rotatable bonds is 9. The van der Waals surface area contributed by atoms with E-state index in [9.17, 15) is 22.4 Å². The molecule has 0 N–H and O–H groups in total. The summed E-state index contributed by atoms with van der Waals surface area (Å²) in [5, 5.41) is 0. The Hall–Kier alpha value is -3.93. The topological polar surface area (TPSA) is 26.3 Å². The summed E-state index contributed by atoms with van der Waals surface area (Å²) in [4.78, 5) is 12.6. The molecule has 0 saturated heterocycles. The smallest absolute Gasteiger partial charge is 0.343 e. The second-order valence-electron chi connectivity index (χ2n) is 9.16. The summed E-state index contributed by atoms with van der Waals surface area (Å²) in [6.45, 7) is 4.04. The van der Waals surface area contributed by atoms with Crippen LogP contribution in [-0.2, 0) is 12.8 Å². The molecule has 0 bridgehead atoms. The summed E-state index contributed by atoms with van der Waals surface area (Å²) >= 11 is 0. The second-order valence-corrected chi connectivity index (χ2v) is 9.16. The van der Waals surface area contributed by atoms with Gasteiger partial charge in [0.05, 0.1) is 5.56 Å². The zero-order valence-electron chi connectivity index (χ0n) is 21.3. The molecular formula is C32H28F4O2. The average Bonchev–Trinajstić information content (AvgIpc) is 2.93. The predicted molar refractivity (Wildman–Crippen MR) is 141 cm³/mol. The minimum absolute atomic E-state index is 0.0459. The van der Waals surface area contributed by atoms with Crippen molar-refractivity contribution in [1.29, 1.82) is 0 Å². The van der Waals surface area contributed by atoms with Crippen LogP contribution in [0.2, 0.25) is 0 Å². The highest BCUT2D eigenvalue weighted by Crippen LogP contribution is 2.31. The van der Waals surface area contributed by atoms with Crippen LogP contribution in [-0.4, -0.2) is 5.97 Å². The van der Waals surface area contributed by atoms with E-state index in [1.165, 1.54) is 42.5 Å². The van der Waals surface area contributed by atoms with Crippen LogP contribution in [0.5, 0.6) is 5.75 Å². The normalized spacial score (nSPS) is 11.0. The van der Waals surface area contributed by atoms with Gasteiger partial charge < -0.3 is 4.74 Å². The standard InChI is InChI=1S/C32H28F4O2/c1-3-5-7-23-16-17-25(29(34)28(23)33)22-12-14-24(15-13-22)32(37)38-27-19-18-26(30(35)31(27)36)21-10-8-20(6-4-2)9-11-21/h8-19H,3-7H2,1-2H3. The van der Waals surface area contributed by atoms with E-state index in [0.29, 0.717) is 23.1 Å². The molecule has 0 unspecified atom stereocenters. The lowest BCUT2D eigenvalue weighted by Gasteiger charge is -2.11. The monoisotopic (exact) mass is 520 g/mol. The fraction of sp³-hybridized carbons (Fsp3) is 0.219. The minimum Gasteiger partial charge on any atom is -0.420 e. The van der Waals surface area contributed by atoms with E-state index in [1.807, 2.05) is 19.1 Å². The second kappa shape index (κ2) is 12.1. The summed E-state index contributed by atoms with van der Waals surface area (Å²) in [6, 6.07) is 18.4. The third-order valence-electron chi connectivity index (χ3n) is 6.45. The average molecular weight is 521 g/mol. The number of unbranched alkanes of at least 4 members (excludes halogenated alkanes) is 1. The van der Waals surface area contributed by atoms with Gasteiger partial charge in [-0.2, -0.15) is 4.39 Å². The van der Waals surface area contributed by atoms with Gasteiger partial charge in [0.2, 0.25) is 5.82 Å². The number of carbonyl (C=O) groups is 1. The van der Waals surface area contributed by atoms with E-state index in [0.717, 1.165) is 31.2 Å². The van der Waals surface area contributed by atoms with Gasteiger partial charge in [0.15, 0.2) is 23.2 Å². The van der Waals surface area contributed by atoms with Crippen LogP contribution in [0.4, 0.5) is 17.6 Å². The van der Waals surface area contributed by atoms with Crippen molar-refractivity contribution in [3.63, 3.8) is 0 Å². The molecule has 0 aromatic heterocycles. The van der Waals surface area contributed by atoms with E-state index in [-0.39, 0.29) is 16.7 Å². The molecule has 0 aliphatic heterocycles. The van der Waals surface area contributed by atoms with Gasteiger partial charge in [-0.25, -0.2) is 18.0 Å². The summed E-state index contributed by atoms with van der Waals surface area (Å²) in [7, 11) is 0. The maximum atomic E-state index is 14.8. The lowest BCUT2D eigenvalue weighted by molar-refractivity contribution is 0.0726. The highest BCUT2D eigenvalue weighted by molar-refractivity contribution is 5.91. The van der Waals surface area contributed by atoms with E-state index in [2.05, 4.69) is 6.92 Å². The minimum atomic E-state index is -1.27. The van der Waals surface area contributed by atoms with Crippen molar-refractivity contribution >= 4 is 5.97 Å². The predicted octanol–water partition coefficient (Wildman–Crippen LogP) is 9.09. The molecule has 0 saturated carbocycles. The van der Waals surface area contributed by atoms with Crippen molar-refractivity contribution in [2.45, 2.75) is 46.0 Å². The molecule has 38 heavy (non-hydrogen) atoms. The molecule has 0 heterocycles. The van der Waals surface area contributed by atoms with Gasteiger partial charge in [0.25, 0.3) is 0 Å². The third kappa shape index (κ3) is 5.80. The van der Waals surface area contributed by atoms with Gasteiger partial charge in [-0.05, 0) is 65.8 Å². The molecule has 4 aromatic carbocycles. The first kappa shape index (κ1) is 27.1. The molecule has 0 aliphatic rings. The van der Waals surface area contributed by atoms with Crippen LogP contribution in [0.3, 0.4) is 0 Å². The highest BCUT2D eigenvalue weighted by atomic mass is 19.2. The Kier molecular flexibility index (Phi) is 8.62. The van der Waals surface area contributed by atoms with Crippen molar-refractivity contribution in [2.75, 3.05) is 0 Å². The van der Waals surface area contributed by atoms with E-state index in [4.69, 9.17) is 4.74 Å². The van der Waals surface area contributed by atoms with Crippen LogP contribution < -0.4 is 4.74 Å². The largest absolute Gasteiger partial charge is 0.420 e. The Morgan fingerprint density at radius 3 is 1.82 bits per heavy atom. The molecule has 0 atom stereocenters. The molecule has 0 aliphatic carbocycles. The van der Waals surface area contributed by atoms with E-state index >= 15 is 0 Å². The number of esters is 1. The fourth-order valence-corrected chi connectivity index (χ4v) is 4.29. The van der Waals surface area contributed by atoms with E-state index in [1.54, 1.807) is 18.2 Å².